The fourth-order valence-corrected chi connectivity index (χ4v) is 1.83. The highest BCUT2D eigenvalue weighted by atomic mass is 16.3. The van der Waals surface area contributed by atoms with Crippen molar-refractivity contribution in [2.75, 3.05) is 6.54 Å². The zero-order chi connectivity index (χ0) is 13.8. The Labute approximate surface area is 108 Å². The van der Waals surface area contributed by atoms with Crippen LogP contribution in [0.2, 0.25) is 0 Å². The predicted octanol–water partition coefficient (Wildman–Crippen LogP) is 1.26. The van der Waals surface area contributed by atoms with E-state index in [9.17, 15) is 9.90 Å². The Morgan fingerprint density at radius 1 is 1.44 bits per heavy atom. The Bertz CT molecular complexity index is 408. The van der Waals surface area contributed by atoms with Crippen LogP contribution in [0.4, 0.5) is 0 Å². The van der Waals surface area contributed by atoms with Crippen molar-refractivity contribution < 1.29 is 9.90 Å². The Morgan fingerprint density at radius 2 is 2.06 bits per heavy atom. The quantitative estimate of drug-likeness (QED) is 0.802. The smallest absolute Gasteiger partial charge is 0.254 e. The van der Waals surface area contributed by atoms with Crippen LogP contribution >= 0.6 is 0 Å². The lowest BCUT2D eigenvalue weighted by molar-refractivity contribution is 0.0314. The third kappa shape index (κ3) is 3.32. The van der Waals surface area contributed by atoms with E-state index in [0.29, 0.717) is 18.4 Å². The molecule has 0 aliphatic rings. The summed E-state index contributed by atoms with van der Waals surface area (Å²) >= 11 is 0. The number of rotatable bonds is 6. The Balaban J connectivity index is 2.71. The number of hydrogen-bond donors (Lipinski definition) is 2. The van der Waals surface area contributed by atoms with E-state index in [0.717, 1.165) is 12.1 Å². The lowest BCUT2D eigenvalue weighted by Gasteiger charge is -2.25. The highest BCUT2D eigenvalue weighted by Crippen LogP contribution is 2.14. The summed E-state index contributed by atoms with van der Waals surface area (Å²) in [5.74, 6) is -0.166. The number of carbonyl (C=O) groups is 1. The first kappa shape index (κ1) is 14.7. The van der Waals surface area contributed by atoms with Crippen LogP contribution in [-0.4, -0.2) is 32.9 Å². The molecule has 0 radical (unpaired) electrons. The number of carbonyl (C=O) groups excluding carboxylic acids is 1. The van der Waals surface area contributed by atoms with Gasteiger partial charge in [-0.15, -0.1) is 0 Å². The van der Waals surface area contributed by atoms with Crippen molar-refractivity contribution in [3.05, 3.63) is 17.5 Å². The van der Waals surface area contributed by atoms with E-state index in [1.807, 2.05) is 20.8 Å². The fourth-order valence-electron chi connectivity index (χ4n) is 1.83. The largest absolute Gasteiger partial charge is 0.388 e. The zero-order valence-corrected chi connectivity index (χ0v) is 11.7. The minimum absolute atomic E-state index is 0.166. The number of hydrogen-bond acceptors (Lipinski definition) is 3. The molecule has 0 aliphatic carbocycles. The summed E-state index contributed by atoms with van der Waals surface area (Å²) in [6, 6.07) is 0. The molecule has 0 spiro atoms. The van der Waals surface area contributed by atoms with Gasteiger partial charge in [0.1, 0.15) is 0 Å². The molecular formula is C13H23N3O2. The topological polar surface area (TPSA) is 67.2 Å². The molecule has 0 saturated carbocycles. The van der Waals surface area contributed by atoms with Gasteiger partial charge in [-0.05, 0) is 19.3 Å². The van der Waals surface area contributed by atoms with Crippen LogP contribution in [0.5, 0.6) is 0 Å². The SMILES string of the molecule is CCc1nn(C)cc1C(=O)NCC(O)(CC)CC. The van der Waals surface area contributed by atoms with E-state index in [1.54, 1.807) is 17.9 Å². The van der Waals surface area contributed by atoms with Crippen molar-refractivity contribution in [3.63, 3.8) is 0 Å². The van der Waals surface area contributed by atoms with Crippen molar-refractivity contribution in [2.45, 2.75) is 45.6 Å². The lowest BCUT2D eigenvalue weighted by Crippen LogP contribution is -2.42. The predicted molar refractivity (Wildman–Crippen MR) is 70.5 cm³/mol. The number of aliphatic hydroxyl groups is 1. The summed E-state index contributed by atoms with van der Waals surface area (Å²) in [7, 11) is 1.80. The Kier molecular flexibility index (Phi) is 4.90. The summed E-state index contributed by atoms with van der Waals surface area (Å²) in [4.78, 5) is 12.0. The zero-order valence-electron chi connectivity index (χ0n) is 11.7. The summed E-state index contributed by atoms with van der Waals surface area (Å²) in [6.45, 7) is 6.07. The average Bonchev–Trinajstić information content (AvgIpc) is 2.76. The first-order valence-electron chi connectivity index (χ1n) is 6.48. The first-order chi connectivity index (χ1) is 8.45. The van der Waals surface area contributed by atoms with Gasteiger partial charge in [-0.1, -0.05) is 20.8 Å². The van der Waals surface area contributed by atoms with Crippen LogP contribution in [0.25, 0.3) is 0 Å². The van der Waals surface area contributed by atoms with Crippen molar-refractivity contribution in [3.8, 4) is 0 Å². The van der Waals surface area contributed by atoms with Crippen LogP contribution in [0.3, 0.4) is 0 Å². The molecule has 2 N–H and O–H groups in total. The van der Waals surface area contributed by atoms with Crippen molar-refractivity contribution in [1.29, 1.82) is 0 Å². The molecule has 0 aromatic carbocycles. The van der Waals surface area contributed by atoms with Gasteiger partial charge in [-0.2, -0.15) is 5.10 Å². The Hall–Kier alpha value is -1.36. The minimum atomic E-state index is -0.815. The second kappa shape index (κ2) is 6.00. The van der Waals surface area contributed by atoms with Gasteiger partial charge >= 0.3 is 0 Å². The molecule has 5 nitrogen and oxygen atoms in total. The van der Waals surface area contributed by atoms with E-state index in [1.165, 1.54) is 0 Å². The molecule has 0 fully saturated rings. The maximum atomic E-state index is 12.0. The number of amides is 1. The maximum Gasteiger partial charge on any atom is 0.254 e. The monoisotopic (exact) mass is 253 g/mol. The van der Waals surface area contributed by atoms with Crippen LogP contribution in [-0.2, 0) is 13.5 Å². The van der Waals surface area contributed by atoms with E-state index in [2.05, 4.69) is 10.4 Å². The standard InChI is InChI=1S/C13H23N3O2/c1-5-11-10(8-16(4)15-11)12(17)14-9-13(18,6-2)7-3/h8,18H,5-7,9H2,1-4H3,(H,14,17). The molecule has 0 atom stereocenters. The van der Waals surface area contributed by atoms with Gasteiger partial charge in [0.2, 0.25) is 0 Å². The maximum absolute atomic E-state index is 12.0. The molecule has 0 aliphatic heterocycles. The number of nitrogens with zero attached hydrogens (tertiary/aromatic N) is 2. The minimum Gasteiger partial charge on any atom is -0.388 e. The molecule has 0 unspecified atom stereocenters. The van der Waals surface area contributed by atoms with Gasteiger partial charge in [0, 0.05) is 19.8 Å². The van der Waals surface area contributed by atoms with Gasteiger partial charge in [-0.25, -0.2) is 0 Å². The second-order valence-corrected chi connectivity index (χ2v) is 4.63. The van der Waals surface area contributed by atoms with Gasteiger partial charge in [-0.3, -0.25) is 9.48 Å². The molecular weight excluding hydrogens is 230 g/mol. The number of aromatic nitrogens is 2. The van der Waals surface area contributed by atoms with E-state index >= 15 is 0 Å². The van der Waals surface area contributed by atoms with Crippen LogP contribution < -0.4 is 5.32 Å². The van der Waals surface area contributed by atoms with Crippen molar-refractivity contribution >= 4 is 5.91 Å². The van der Waals surface area contributed by atoms with E-state index in [-0.39, 0.29) is 12.5 Å². The molecule has 1 amide bonds. The number of aryl methyl sites for hydroxylation is 2. The number of nitrogens with one attached hydrogen (secondary N) is 1. The lowest BCUT2D eigenvalue weighted by atomic mass is 9.97. The molecule has 1 aromatic rings. The van der Waals surface area contributed by atoms with Gasteiger partial charge < -0.3 is 10.4 Å². The van der Waals surface area contributed by atoms with E-state index in [4.69, 9.17) is 0 Å². The molecule has 1 rings (SSSR count). The van der Waals surface area contributed by atoms with Gasteiger partial charge in [0.15, 0.2) is 0 Å². The Morgan fingerprint density at radius 3 is 2.56 bits per heavy atom. The van der Waals surface area contributed by atoms with Crippen molar-refractivity contribution in [2.24, 2.45) is 7.05 Å². The summed E-state index contributed by atoms with van der Waals surface area (Å²) < 4.78 is 1.64. The van der Waals surface area contributed by atoms with Crippen LogP contribution in [0.1, 0.15) is 49.7 Å². The average molecular weight is 253 g/mol. The molecule has 5 heteroatoms. The summed E-state index contributed by atoms with van der Waals surface area (Å²) in [5, 5.41) is 17.1. The summed E-state index contributed by atoms with van der Waals surface area (Å²) in [5.41, 5.74) is 0.561. The van der Waals surface area contributed by atoms with Crippen LogP contribution in [0, 0.1) is 0 Å². The second-order valence-electron chi connectivity index (χ2n) is 4.63. The van der Waals surface area contributed by atoms with E-state index < -0.39 is 5.60 Å². The van der Waals surface area contributed by atoms with Gasteiger partial charge in [0.25, 0.3) is 5.91 Å². The fraction of sp³-hybridized carbons (Fsp3) is 0.692. The normalized spacial score (nSPS) is 11.6. The molecule has 1 aromatic heterocycles. The molecule has 0 bridgehead atoms. The first-order valence-corrected chi connectivity index (χ1v) is 6.48. The van der Waals surface area contributed by atoms with Crippen LogP contribution in [0.15, 0.2) is 6.20 Å². The highest BCUT2D eigenvalue weighted by molar-refractivity contribution is 5.95. The summed E-state index contributed by atoms with van der Waals surface area (Å²) in [6.07, 6.45) is 3.68. The third-order valence-corrected chi connectivity index (χ3v) is 3.38. The molecule has 102 valence electrons. The van der Waals surface area contributed by atoms with Crippen molar-refractivity contribution in [1.82, 2.24) is 15.1 Å². The van der Waals surface area contributed by atoms with Gasteiger partial charge in [0.05, 0.1) is 16.9 Å². The third-order valence-electron chi connectivity index (χ3n) is 3.38. The highest BCUT2D eigenvalue weighted by Gasteiger charge is 2.24. The molecule has 1 heterocycles. The molecule has 18 heavy (non-hydrogen) atoms. The molecule has 0 saturated heterocycles.